The van der Waals surface area contributed by atoms with E-state index in [2.05, 4.69) is 16.0 Å². The summed E-state index contributed by atoms with van der Waals surface area (Å²) in [6, 6.07) is 0. The summed E-state index contributed by atoms with van der Waals surface area (Å²) in [5.41, 5.74) is 11.3. The Morgan fingerprint density at radius 1 is 1.29 bits per heavy atom. The Hall–Kier alpha value is -1.90. The van der Waals surface area contributed by atoms with Gasteiger partial charge in [0.25, 0.3) is 0 Å². The maximum absolute atomic E-state index is 5.86. The predicted molar refractivity (Wildman–Crippen MR) is 54.1 cm³/mol. The van der Waals surface area contributed by atoms with Crippen LogP contribution in [0.2, 0.25) is 0 Å². The van der Waals surface area contributed by atoms with E-state index in [9.17, 15) is 0 Å². The zero-order valence-corrected chi connectivity index (χ0v) is 7.57. The minimum absolute atomic E-state index is 0.848. The van der Waals surface area contributed by atoms with E-state index in [0.717, 1.165) is 23.4 Å². The maximum atomic E-state index is 5.86. The van der Waals surface area contributed by atoms with Crippen molar-refractivity contribution in [2.24, 2.45) is 5.73 Å². The molecule has 0 atom stereocenters. The summed E-state index contributed by atoms with van der Waals surface area (Å²) < 4.78 is 0. The Kier molecular flexibility index (Phi) is 1.36. The van der Waals surface area contributed by atoms with Gasteiger partial charge in [0.05, 0.1) is 5.69 Å². The summed E-state index contributed by atoms with van der Waals surface area (Å²) in [5, 5.41) is 0. The Bertz CT molecular complexity index is 495. The van der Waals surface area contributed by atoms with E-state index in [0.29, 0.717) is 0 Å². The van der Waals surface area contributed by atoms with Crippen LogP contribution in [0.15, 0.2) is 41.5 Å². The van der Waals surface area contributed by atoms with Crippen molar-refractivity contribution in [1.29, 1.82) is 0 Å². The first kappa shape index (κ1) is 7.50. The average Bonchev–Trinajstić information content (AvgIpc) is 2.57. The molecule has 0 aromatic carbocycles. The Balaban J connectivity index is 2.21. The number of allylic oxidation sites excluding steroid dienone is 4. The van der Waals surface area contributed by atoms with Crippen LogP contribution in [0.3, 0.4) is 0 Å². The van der Waals surface area contributed by atoms with Gasteiger partial charge in [-0.15, -0.1) is 0 Å². The third-order valence-corrected chi connectivity index (χ3v) is 2.62. The fourth-order valence-corrected chi connectivity index (χ4v) is 1.86. The van der Waals surface area contributed by atoms with Gasteiger partial charge in [0.1, 0.15) is 6.33 Å². The van der Waals surface area contributed by atoms with Gasteiger partial charge in [-0.1, -0.05) is 6.08 Å². The number of nitrogens with two attached hydrogens (primary N) is 1. The summed E-state index contributed by atoms with van der Waals surface area (Å²) >= 11 is 0. The summed E-state index contributed by atoms with van der Waals surface area (Å²) in [7, 11) is 0. The minimum Gasteiger partial charge on any atom is -0.398 e. The Labute approximate surface area is 81.7 Å². The summed E-state index contributed by atoms with van der Waals surface area (Å²) in [4.78, 5) is 8.23. The first-order chi connectivity index (χ1) is 6.84. The van der Waals surface area contributed by atoms with Gasteiger partial charge in [0.15, 0.2) is 0 Å². The lowest BCUT2D eigenvalue weighted by Crippen LogP contribution is -2.06. The van der Waals surface area contributed by atoms with Crippen LogP contribution in [0.25, 0.3) is 6.08 Å². The molecule has 2 aliphatic carbocycles. The highest BCUT2D eigenvalue weighted by Crippen LogP contribution is 2.32. The largest absolute Gasteiger partial charge is 0.398 e. The van der Waals surface area contributed by atoms with Crippen LogP contribution in [0.1, 0.15) is 11.3 Å². The summed E-state index contributed by atoms with van der Waals surface area (Å²) in [6.45, 7) is 0. The topological polar surface area (TPSA) is 51.8 Å². The van der Waals surface area contributed by atoms with Gasteiger partial charge in [-0.2, -0.15) is 0 Å². The first-order valence-electron chi connectivity index (χ1n) is 4.52. The standard InChI is InChI=1S/C11H9N3/c12-10-2-1-7-4-11-8(3-9(7)10)5-13-6-14-11/h1-2,4-6H,3,12H2. The summed E-state index contributed by atoms with van der Waals surface area (Å²) in [5.74, 6) is 0. The third-order valence-electron chi connectivity index (χ3n) is 2.62. The molecule has 1 aromatic rings. The van der Waals surface area contributed by atoms with Crippen LogP contribution in [0.5, 0.6) is 0 Å². The third kappa shape index (κ3) is 0.923. The van der Waals surface area contributed by atoms with Crippen LogP contribution in [-0.4, -0.2) is 9.97 Å². The molecule has 0 saturated carbocycles. The molecule has 0 amide bonds. The monoisotopic (exact) mass is 183 g/mol. The normalized spacial score (nSPS) is 17.9. The van der Waals surface area contributed by atoms with E-state index in [-0.39, 0.29) is 0 Å². The van der Waals surface area contributed by atoms with Gasteiger partial charge in [0.2, 0.25) is 0 Å². The number of fused-ring (bicyclic) bond motifs is 2. The van der Waals surface area contributed by atoms with Crippen LogP contribution in [0.4, 0.5) is 0 Å². The van der Waals surface area contributed by atoms with Gasteiger partial charge >= 0.3 is 0 Å². The van der Waals surface area contributed by atoms with Crippen LogP contribution < -0.4 is 5.73 Å². The molecule has 0 fully saturated rings. The molecule has 3 heteroatoms. The van der Waals surface area contributed by atoms with Crippen molar-refractivity contribution in [3.63, 3.8) is 0 Å². The molecular weight excluding hydrogens is 174 g/mol. The molecule has 68 valence electrons. The number of hydrogen-bond donors (Lipinski definition) is 1. The first-order valence-corrected chi connectivity index (χ1v) is 4.52. The Morgan fingerprint density at radius 2 is 2.21 bits per heavy atom. The lowest BCUT2D eigenvalue weighted by molar-refractivity contribution is 1.03. The molecule has 1 heterocycles. The van der Waals surface area contributed by atoms with E-state index in [1.165, 1.54) is 11.1 Å². The van der Waals surface area contributed by atoms with E-state index in [4.69, 9.17) is 5.73 Å². The lowest BCUT2D eigenvalue weighted by Gasteiger charge is -2.14. The molecule has 0 unspecified atom stereocenters. The van der Waals surface area contributed by atoms with Gasteiger partial charge in [-0.25, -0.2) is 9.97 Å². The zero-order valence-electron chi connectivity index (χ0n) is 7.57. The molecular formula is C11H9N3. The van der Waals surface area contributed by atoms with E-state index >= 15 is 0 Å². The zero-order chi connectivity index (χ0) is 9.54. The highest BCUT2D eigenvalue weighted by atomic mass is 14.8. The van der Waals surface area contributed by atoms with Crippen molar-refractivity contribution in [2.75, 3.05) is 0 Å². The highest BCUT2D eigenvalue weighted by Gasteiger charge is 2.19. The predicted octanol–water partition coefficient (Wildman–Crippen LogP) is 1.20. The van der Waals surface area contributed by atoms with Gasteiger partial charge < -0.3 is 5.73 Å². The van der Waals surface area contributed by atoms with Crippen LogP contribution in [0, 0.1) is 0 Å². The quantitative estimate of drug-likeness (QED) is 0.657. The van der Waals surface area contributed by atoms with Crippen molar-refractivity contribution < 1.29 is 0 Å². The van der Waals surface area contributed by atoms with Crippen molar-refractivity contribution in [3.8, 4) is 0 Å². The highest BCUT2D eigenvalue weighted by molar-refractivity contribution is 5.71. The number of rotatable bonds is 0. The second-order valence-electron chi connectivity index (χ2n) is 3.48. The molecule has 3 rings (SSSR count). The van der Waals surface area contributed by atoms with Crippen molar-refractivity contribution in [3.05, 3.63) is 52.8 Å². The molecule has 0 radical (unpaired) electrons. The molecule has 0 spiro atoms. The van der Waals surface area contributed by atoms with Crippen LogP contribution >= 0.6 is 0 Å². The Morgan fingerprint density at radius 3 is 3.14 bits per heavy atom. The van der Waals surface area contributed by atoms with Crippen molar-refractivity contribution >= 4 is 6.08 Å². The lowest BCUT2D eigenvalue weighted by atomic mass is 9.93. The van der Waals surface area contributed by atoms with Crippen molar-refractivity contribution in [1.82, 2.24) is 9.97 Å². The molecule has 1 aromatic heterocycles. The van der Waals surface area contributed by atoms with E-state index in [1.807, 2.05) is 18.3 Å². The van der Waals surface area contributed by atoms with Crippen LogP contribution in [-0.2, 0) is 6.42 Å². The SMILES string of the molecule is NC1=C2Cc3cncnc3C=C2C=C1. The molecule has 0 bridgehead atoms. The van der Waals surface area contributed by atoms with Crippen molar-refractivity contribution in [2.45, 2.75) is 6.42 Å². The molecule has 14 heavy (non-hydrogen) atoms. The fraction of sp³-hybridized carbons (Fsp3) is 0.0909. The van der Waals surface area contributed by atoms with Gasteiger partial charge in [0, 0.05) is 23.9 Å². The molecule has 0 aliphatic heterocycles. The number of aromatic nitrogens is 2. The smallest absolute Gasteiger partial charge is 0.116 e. The second-order valence-corrected chi connectivity index (χ2v) is 3.48. The molecule has 3 nitrogen and oxygen atoms in total. The fourth-order valence-electron chi connectivity index (χ4n) is 1.86. The maximum Gasteiger partial charge on any atom is 0.116 e. The van der Waals surface area contributed by atoms with Gasteiger partial charge in [-0.05, 0) is 23.3 Å². The number of nitrogens with zero attached hydrogens (tertiary/aromatic N) is 2. The molecule has 2 aliphatic rings. The molecule has 2 N–H and O–H groups in total. The van der Waals surface area contributed by atoms with E-state index < -0.39 is 0 Å². The average molecular weight is 183 g/mol. The minimum atomic E-state index is 0.848. The number of hydrogen-bond acceptors (Lipinski definition) is 3. The van der Waals surface area contributed by atoms with Gasteiger partial charge in [-0.3, -0.25) is 0 Å². The second kappa shape index (κ2) is 2.54. The molecule has 0 saturated heterocycles. The summed E-state index contributed by atoms with van der Waals surface area (Å²) in [6.07, 6.45) is 10.3. The van der Waals surface area contributed by atoms with E-state index in [1.54, 1.807) is 6.33 Å².